The summed E-state index contributed by atoms with van der Waals surface area (Å²) >= 11 is 1.59. The topological polar surface area (TPSA) is 95.4 Å². The van der Waals surface area contributed by atoms with Crippen LogP contribution in [-0.4, -0.2) is 57.7 Å². The number of aromatic amines is 1. The molecular weight excluding hydrogens is 498 g/mol. The lowest BCUT2D eigenvalue weighted by Crippen LogP contribution is -2.47. The molecule has 1 saturated carbocycles. The standard InChI is InChI=1S/C29H33N5O3S/c35-27(26-19-22-18-23(34(36)37)9-10-25(22)30-26)17-21-7-5-20(6-8-21)11-12-32-13-15-33(16-14-32)29-24-3-1-2-4-28(24)38-31-29/h1-4,9-10,18-21,30H,5-8,11-17H2. The van der Waals surface area contributed by atoms with Gasteiger partial charge < -0.3 is 9.88 Å². The third-order valence-electron chi connectivity index (χ3n) is 8.44. The highest BCUT2D eigenvalue weighted by atomic mass is 32.1. The normalized spacial score (nSPS) is 20.8. The maximum Gasteiger partial charge on any atom is 0.270 e. The minimum Gasteiger partial charge on any atom is -0.353 e. The van der Waals surface area contributed by atoms with Gasteiger partial charge in [-0.25, -0.2) is 0 Å². The maximum atomic E-state index is 12.9. The zero-order valence-electron chi connectivity index (χ0n) is 21.5. The Morgan fingerprint density at radius 1 is 1.03 bits per heavy atom. The fourth-order valence-corrected chi connectivity index (χ4v) is 6.93. The van der Waals surface area contributed by atoms with Crippen molar-refractivity contribution in [2.45, 2.75) is 38.5 Å². The molecule has 198 valence electrons. The molecule has 38 heavy (non-hydrogen) atoms. The zero-order chi connectivity index (χ0) is 26.1. The zero-order valence-corrected chi connectivity index (χ0v) is 22.3. The minimum absolute atomic E-state index is 0.0452. The number of hydrogen-bond donors (Lipinski definition) is 1. The largest absolute Gasteiger partial charge is 0.353 e. The number of nitrogens with zero attached hydrogens (tertiary/aromatic N) is 4. The van der Waals surface area contributed by atoms with Crippen molar-refractivity contribution in [3.8, 4) is 0 Å². The molecule has 1 N–H and O–H groups in total. The van der Waals surface area contributed by atoms with Gasteiger partial charge in [-0.1, -0.05) is 25.0 Å². The van der Waals surface area contributed by atoms with Gasteiger partial charge in [0.1, 0.15) is 5.82 Å². The Labute approximate surface area is 225 Å². The van der Waals surface area contributed by atoms with Crippen molar-refractivity contribution in [1.82, 2.24) is 14.3 Å². The van der Waals surface area contributed by atoms with Crippen molar-refractivity contribution in [3.05, 3.63) is 64.3 Å². The molecule has 2 aliphatic rings. The molecule has 2 aromatic carbocycles. The van der Waals surface area contributed by atoms with E-state index in [0.717, 1.165) is 62.8 Å². The van der Waals surface area contributed by atoms with Crippen LogP contribution in [0.2, 0.25) is 0 Å². The smallest absolute Gasteiger partial charge is 0.270 e. The first-order chi connectivity index (χ1) is 18.5. The van der Waals surface area contributed by atoms with Crippen molar-refractivity contribution in [2.24, 2.45) is 11.8 Å². The third-order valence-corrected chi connectivity index (χ3v) is 9.26. The summed E-state index contributed by atoms with van der Waals surface area (Å²) in [4.78, 5) is 31.7. The number of piperazine rings is 1. The molecule has 9 heteroatoms. The second-order valence-electron chi connectivity index (χ2n) is 10.8. The molecule has 0 unspecified atom stereocenters. The fourth-order valence-electron chi connectivity index (χ4n) is 6.13. The SMILES string of the molecule is O=C(CC1CCC(CCN2CCN(c3nsc4ccccc34)CC2)CC1)c1cc2cc([N+](=O)[O-])ccc2[nH]1. The third kappa shape index (κ3) is 5.31. The molecule has 8 nitrogen and oxygen atoms in total. The van der Waals surface area contributed by atoms with Crippen LogP contribution in [0.5, 0.6) is 0 Å². The molecule has 1 aliphatic heterocycles. The summed E-state index contributed by atoms with van der Waals surface area (Å²) in [5.41, 5.74) is 1.37. The summed E-state index contributed by atoms with van der Waals surface area (Å²) in [6.45, 7) is 5.39. The van der Waals surface area contributed by atoms with Gasteiger partial charge in [0.25, 0.3) is 5.69 Å². The maximum absolute atomic E-state index is 12.9. The molecule has 0 spiro atoms. The number of fused-ring (bicyclic) bond motifs is 2. The molecule has 0 bridgehead atoms. The van der Waals surface area contributed by atoms with Crippen molar-refractivity contribution in [2.75, 3.05) is 37.6 Å². The first-order valence-corrected chi connectivity index (χ1v) is 14.4. The Morgan fingerprint density at radius 3 is 2.58 bits per heavy atom. The minimum atomic E-state index is -0.406. The van der Waals surface area contributed by atoms with E-state index < -0.39 is 4.92 Å². The Kier molecular flexibility index (Phi) is 7.12. The number of benzene rings is 2. The molecule has 3 heterocycles. The van der Waals surface area contributed by atoms with Crippen LogP contribution in [0.25, 0.3) is 21.0 Å². The van der Waals surface area contributed by atoms with Gasteiger partial charge in [-0.05, 0) is 73.4 Å². The molecule has 0 atom stereocenters. The molecule has 2 aromatic heterocycles. The summed E-state index contributed by atoms with van der Waals surface area (Å²) in [6, 6.07) is 14.9. The van der Waals surface area contributed by atoms with E-state index >= 15 is 0 Å². The Hall–Kier alpha value is -3.30. The summed E-state index contributed by atoms with van der Waals surface area (Å²) < 4.78 is 5.99. The summed E-state index contributed by atoms with van der Waals surface area (Å²) in [6.07, 6.45) is 6.39. The van der Waals surface area contributed by atoms with Crippen LogP contribution in [0, 0.1) is 22.0 Å². The number of carbonyl (C=O) groups is 1. The molecule has 0 radical (unpaired) electrons. The Morgan fingerprint density at radius 2 is 1.79 bits per heavy atom. The number of hydrogen-bond acceptors (Lipinski definition) is 7. The molecule has 1 saturated heterocycles. The van der Waals surface area contributed by atoms with E-state index in [1.165, 1.54) is 41.5 Å². The van der Waals surface area contributed by atoms with Gasteiger partial charge in [0.15, 0.2) is 5.78 Å². The van der Waals surface area contributed by atoms with Crippen molar-refractivity contribution in [1.29, 1.82) is 0 Å². The molecular formula is C29H33N5O3S. The van der Waals surface area contributed by atoms with Crippen molar-refractivity contribution in [3.63, 3.8) is 0 Å². The summed E-state index contributed by atoms with van der Waals surface area (Å²) in [5.74, 6) is 2.43. The molecule has 4 aromatic rings. The molecule has 2 fully saturated rings. The molecule has 6 rings (SSSR count). The highest BCUT2D eigenvalue weighted by molar-refractivity contribution is 7.13. The van der Waals surface area contributed by atoms with E-state index in [1.807, 2.05) is 0 Å². The first kappa shape index (κ1) is 25.0. The van der Waals surface area contributed by atoms with Gasteiger partial charge in [-0.15, -0.1) is 0 Å². The number of nitro groups is 1. The molecule has 1 aliphatic carbocycles. The number of nitrogens with one attached hydrogen (secondary N) is 1. The number of ketones is 1. The lowest BCUT2D eigenvalue weighted by molar-refractivity contribution is -0.384. The number of rotatable bonds is 8. The lowest BCUT2D eigenvalue weighted by atomic mass is 9.78. The first-order valence-electron chi connectivity index (χ1n) is 13.7. The number of anilines is 1. The van der Waals surface area contributed by atoms with Gasteiger partial charge in [-0.2, -0.15) is 4.37 Å². The van der Waals surface area contributed by atoms with Crippen LogP contribution < -0.4 is 4.90 Å². The second kappa shape index (κ2) is 10.8. The van der Waals surface area contributed by atoms with Gasteiger partial charge in [0, 0.05) is 61.0 Å². The van der Waals surface area contributed by atoms with E-state index in [9.17, 15) is 14.9 Å². The van der Waals surface area contributed by atoms with Crippen molar-refractivity contribution >= 4 is 49.8 Å². The van der Waals surface area contributed by atoms with Gasteiger partial charge in [0.2, 0.25) is 0 Å². The number of aromatic nitrogens is 2. The van der Waals surface area contributed by atoms with E-state index in [0.29, 0.717) is 23.4 Å². The van der Waals surface area contributed by atoms with Crippen LogP contribution >= 0.6 is 11.5 Å². The van der Waals surface area contributed by atoms with Crippen LogP contribution in [0.3, 0.4) is 0 Å². The highest BCUT2D eigenvalue weighted by Crippen LogP contribution is 2.34. The number of nitro benzene ring substituents is 1. The average molecular weight is 532 g/mol. The number of carbonyl (C=O) groups excluding carboxylic acids is 1. The highest BCUT2D eigenvalue weighted by Gasteiger charge is 2.26. The average Bonchev–Trinajstić information content (AvgIpc) is 3.57. The lowest BCUT2D eigenvalue weighted by Gasteiger charge is -2.36. The summed E-state index contributed by atoms with van der Waals surface area (Å²) in [5, 5.41) is 13.0. The van der Waals surface area contributed by atoms with Gasteiger partial charge in [0.05, 0.1) is 15.3 Å². The molecule has 0 amide bonds. The van der Waals surface area contributed by atoms with Gasteiger partial charge in [-0.3, -0.25) is 19.8 Å². The summed E-state index contributed by atoms with van der Waals surface area (Å²) in [7, 11) is 0. The number of non-ortho nitro benzene ring substituents is 1. The predicted molar refractivity (Wildman–Crippen MR) is 152 cm³/mol. The fraction of sp³-hybridized carbons (Fsp3) is 0.448. The van der Waals surface area contributed by atoms with E-state index in [2.05, 4.69) is 39.0 Å². The monoisotopic (exact) mass is 531 g/mol. The van der Waals surface area contributed by atoms with Crippen LogP contribution in [0.15, 0.2) is 48.5 Å². The van der Waals surface area contributed by atoms with Crippen LogP contribution in [0.1, 0.15) is 49.0 Å². The number of Topliss-reactive ketones (excluding diaryl/α,β-unsaturated/α-hetero) is 1. The van der Waals surface area contributed by atoms with E-state index in [1.54, 1.807) is 23.7 Å². The van der Waals surface area contributed by atoms with E-state index in [4.69, 9.17) is 4.37 Å². The number of H-pyrrole nitrogens is 1. The van der Waals surface area contributed by atoms with Crippen LogP contribution in [0.4, 0.5) is 11.5 Å². The second-order valence-corrected chi connectivity index (χ2v) is 11.7. The Bertz CT molecular complexity index is 1450. The quantitative estimate of drug-likeness (QED) is 0.163. The van der Waals surface area contributed by atoms with Crippen LogP contribution in [-0.2, 0) is 0 Å². The van der Waals surface area contributed by atoms with Crippen molar-refractivity contribution < 1.29 is 9.72 Å². The van der Waals surface area contributed by atoms with Gasteiger partial charge >= 0.3 is 0 Å². The Balaban J connectivity index is 0.936. The predicted octanol–water partition coefficient (Wildman–Crippen LogP) is 6.28. The van der Waals surface area contributed by atoms with E-state index in [-0.39, 0.29) is 11.5 Å².